The normalized spacial score (nSPS) is 13.2. The molecule has 0 heteroatoms. The van der Waals surface area contributed by atoms with E-state index in [4.69, 9.17) is 0 Å². The minimum atomic E-state index is 0.0586. The summed E-state index contributed by atoms with van der Waals surface area (Å²) in [4.78, 5) is 0. The van der Waals surface area contributed by atoms with E-state index in [2.05, 4.69) is 172 Å². The fraction of sp³-hybridized carbons (Fsp3) is 0.255. The van der Waals surface area contributed by atoms with E-state index in [-0.39, 0.29) is 5.41 Å². The number of benzene rings is 6. The van der Waals surface area contributed by atoms with Crippen molar-refractivity contribution in [2.45, 2.75) is 83.5 Å². The van der Waals surface area contributed by atoms with Gasteiger partial charge in [-0.1, -0.05) is 211 Å². The highest BCUT2D eigenvalue weighted by molar-refractivity contribution is 5.94. The Labute approximate surface area is 306 Å². The van der Waals surface area contributed by atoms with Gasteiger partial charge in [-0.3, -0.25) is 0 Å². The highest BCUT2D eigenvalue weighted by Crippen LogP contribution is 2.55. The van der Waals surface area contributed by atoms with E-state index in [1.807, 2.05) is 0 Å². The Hall–Kier alpha value is -4.94. The van der Waals surface area contributed by atoms with Crippen molar-refractivity contribution in [1.29, 1.82) is 0 Å². The predicted molar refractivity (Wildman–Crippen MR) is 221 cm³/mol. The van der Waals surface area contributed by atoms with E-state index in [0.717, 1.165) is 0 Å². The van der Waals surface area contributed by atoms with Crippen molar-refractivity contribution in [1.82, 2.24) is 0 Å². The van der Waals surface area contributed by atoms with E-state index in [0.29, 0.717) is 0 Å². The molecule has 0 aliphatic heterocycles. The van der Waals surface area contributed by atoms with Crippen LogP contribution in [0.1, 0.15) is 106 Å². The first-order valence-electron chi connectivity index (χ1n) is 19.5. The topological polar surface area (TPSA) is 0 Å². The number of hydrogen-bond donors (Lipinski definition) is 0. The van der Waals surface area contributed by atoms with Crippen molar-refractivity contribution in [3.8, 4) is 33.4 Å². The zero-order valence-electron chi connectivity index (χ0n) is 30.6. The molecule has 0 amide bonds. The maximum absolute atomic E-state index is 2.59. The standard InChI is InChI=1S/C51H52/c1-3-5-7-17-35-51(36-18-8-6-4-2)49-24-16-15-23-46(49)47-34-33-45(38-50(47)51)48(44-31-29-43(30-32-44)41-21-13-10-14-22-41)37-39-25-27-42(28-26-39)40-19-11-9-12-20-40/h9-16,19-34,37-38H,3-8,17-18,35-36H2,1-2H3/b48-37-. The number of fused-ring (bicyclic) bond motifs is 3. The molecule has 51 heavy (non-hydrogen) atoms. The average molecular weight is 665 g/mol. The van der Waals surface area contributed by atoms with Gasteiger partial charge in [0.05, 0.1) is 0 Å². The van der Waals surface area contributed by atoms with Gasteiger partial charge in [0.2, 0.25) is 0 Å². The van der Waals surface area contributed by atoms with E-state index in [1.165, 1.54) is 120 Å². The fourth-order valence-electron chi connectivity index (χ4n) is 8.37. The van der Waals surface area contributed by atoms with Gasteiger partial charge in [-0.05, 0) is 91.8 Å². The second kappa shape index (κ2) is 16.4. The highest BCUT2D eigenvalue weighted by Gasteiger charge is 2.42. The van der Waals surface area contributed by atoms with Gasteiger partial charge in [-0.15, -0.1) is 0 Å². The summed E-state index contributed by atoms with van der Waals surface area (Å²) in [6.45, 7) is 4.64. The lowest BCUT2D eigenvalue weighted by Crippen LogP contribution is -2.25. The van der Waals surface area contributed by atoms with Crippen molar-refractivity contribution < 1.29 is 0 Å². The Balaban J connectivity index is 1.34. The van der Waals surface area contributed by atoms with Gasteiger partial charge in [0.25, 0.3) is 0 Å². The van der Waals surface area contributed by atoms with Crippen molar-refractivity contribution in [3.63, 3.8) is 0 Å². The minimum Gasteiger partial charge on any atom is -0.0654 e. The molecule has 7 rings (SSSR count). The number of hydrogen-bond acceptors (Lipinski definition) is 0. The first-order chi connectivity index (χ1) is 25.2. The lowest BCUT2D eigenvalue weighted by atomic mass is 9.70. The Morgan fingerprint density at radius 1 is 0.431 bits per heavy atom. The van der Waals surface area contributed by atoms with Gasteiger partial charge >= 0.3 is 0 Å². The molecule has 0 nitrogen and oxygen atoms in total. The van der Waals surface area contributed by atoms with Crippen LogP contribution in [0, 0.1) is 0 Å². The molecule has 6 aromatic carbocycles. The van der Waals surface area contributed by atoms with Crippen LogP contribution in [-0.2, 0) is 5.41 Å². The van der Waals surface area contributed by atoms with Gasteiger partial charge in [-0.25, -0.2) is 0 Å². The molecule has 0 radical (unpaired) electrons. The van der Waals surface area contributed by atoms with Gasteiger partial charge in [0, 0.05) is 5.41 Å². The van der Waals surface area contributed by atoms with Crippen LogP contribution < -0.4 is 0 Å². The monoisotopic (exact) mass is 664 g/mol. The Kier molecular flexibility index (Phi) is 11.1. The second-order valence-electron chi connectivity index (χ2n) is 14.5. The second-order valence-corrected chi connectivity index (χ2v) is 14.5. The summed E-state index contributed by atoms with van der Waals surface area (Å²) in [6.07, 6.45) is 15.2. The smallest absolute Gasteiger partial charge is 0.0215 e. The molecule has 0 aromatic heterocycles. The summed E-state index contributed by atoms with van der Waals surface area (Å²) in [5.41, 5.74) is 16.0. The SMILES string of the molecule is CCCCCCC1(CCCCCC)c2ccccc2-c2ccc(/C(=C\c3ccc(-c4ccccc4)cc3)c3ccc(-c4ccccc4)cc3)cc21. The molecule has 0 atom stereocenters. The molecule has 0 bridgehead atoms. The van der Waals surface area contributed by atoms with Crippen molar-refractivity contribution >= 4 is 11.6 Å². The maximum atomic E-state index is 2.59. The molecule has 0 N–H and O–H groups in total. The lowest BCUT2D eigenvalue weighted by molar-refractivity contribution is 0.401. The van der Waals surface area contributed by atoms with Crippen LogP contribution in [-0.4, -0.2) is 0 Å². The van der Waals surface area contributed by atoms with Crippen molar-refractivity contribution in [3.05, 3.63) is 179 Å². The molecule has 0 heterocycles. The van der Waals surface area contributed by atoms with E-state index in [1.54, 1.807) is 11.1 Å². The third-order valence-corrected chi connectivity index (χ3v) is 11.1. The summed E-state index contributed by atoms with van der Waals surface area (Å²) in [5, 5.41) is 0. The average Bonchev–Trinajstić information content (AvgIpc) is 3.47. The largest absolute Gasteiger partial charge is 0.0654 e. The summed E-state index contributed by atoms with van der Waals surface area (Å²) in [6, 6.07) is 56.4. The molecule has 1 aliphatic rings. The fourth-order valence-corrected chi connectivity index (χ4v) is 8.37. The molecule has 0 saturated heterocycles. The van der Waals surface area contributed by atoms with E-state index in [9.17, 15) is 0 Å². The molecule has 0 saturated carbocycles. The van der Waals surface area contributed by atoms with Crippen LogP contribution in [0.5, 0.6) is 0 Å². The van der Waals surface area contributed by atoms with Crippen molar-refractivity contribution in [2.75, 3.05) is 0 Å². The zero-order valence-corrected chi connectivity index (χ0v) is 30.6. The summed E-state index contributed by atoms with van der Waals surface area (Å²) < 4.78 is 0. The van der Waals surface area contributed by atoms with Crippen molar-refractivity contribution in [2.24, 2.45) is 0 Å². The van der Waals surface area contributed by atoms with E-state index >= 15 is 0 Å². The summed E-state index contributed by atoms with van der Waals surface area (Å²) in [5.74, 6) is 0. The Morgan fingerprint density at radius 3 is 1.51 bits per heavy atom. The molecular formula is C51H52. The van der Waals surface area contributed by atoms with Gasteiger partial charge in [0.15, 0.2) is 0 Å². The summed E-state index contributed by atoms with van der Waals surface area (Å²) >= 11 is 0. The predicted octanol–water partition coefficient (Wildman–Crippen LogP) is 14.8. The first kappa shape index (κ1) is 34.5. The minimum absolute atomic E-state index is 0.0586. The van der Waals surface area contributed by atoms with Crippen LogP contribution in [0.2, 0.25) is 0 Å². The molecule has 6 aromatic rings. The third kappa shape index (κ3) is 7.57. The molecule has 0 fully saturated rings. The third-order valence-electron chi connectivity index (χ3n) is 11.1. The number of unbranched alkanes of at least 4 members (excludes halogenated alkanes) is 6. The molecule has 1 aliphatic carbocycles. The van der Waals surface area contributed by atoms with Crippen LogP contribution in [0.3, 0.4) is 0 Å². The number of rotatable bonds is 15. The van der Waals surface area contributed by atoms with Crippen LogP contribution >= 0.6 is 0 Å². The molecule has 0 spiro atoms. The maximum Gasteiger partial charge on any atom is 0.0215 e. The van der Waals surface area contributed by atoms with Crippen LogP contribution in [0.15, 0.2) is 152 Å². The Morgan fingerprint density at radius 2 is 0.922 bits per heavy atom. The molecule has 0 unspecified atom stereocenters. The lowest BCUT2D eigenvalue weighted by Gasteiger charge is -2.33. The highest BCUT2D eigenvalue weighted by atomic mass is 14.4. The summed E-state index contributed by atoms with van der Waals surface area (Å²) in [7, 11) is 0. The quantitative estimate of drug-likeness (QED) is 0.0757. The van der Waals surface area contributed by atoms with E-state index < -0.39 is 0 Å². The van der Waals surface area contributed by atoms with Crippen LogP contribution in [0.25, 0.3) is 45.0 Å². The Bertz CT molecular complexity index is 2020. The zero-order chi connectivity index (χ0) is 34.9. The molecular weight excluding hydrogens is 613 g/mol. The van der Waals surface area contributed by atoms with Gasteiger partial charge < -0.3 is 0 Å². The van der Waals surface area contributed by atoms with Gasteiger partial charge in [0.1, 0.15) is 0 Å². The van der Waals surface area contributed by atoms with Crippen LogP contribution in [0.4, 0.5) is 0 Å². The van der Waals surface area contributed by atoms with Gasteiger partial charge in [-0.2, -0.15) is 0 Å². The first-order valence-corrected chi connectivity index (χ1v) is 19.5. The molecule has 256 valence electrons.